The van der Waals surface area contributed by atoms with Crippen molar-refractivity contribution in [2.24, 2.45) is 0 Å². The van der Waals surface area contributed by atoms with E-state index in [9.17, 15) is 4.79 Å². The molecule has 0 radical (unpaired) electrons. The lowest BCUT2D eigenvalue weighted by molar-refractivity contribution is 0.0366. The largest absolute Gasteiger partial charge is 0.441 e. The number of carbonyl (C=O) groups is 1. The van der Waals surface area contributed by atoms with Gasteiger partial charge in [-0.3, -0.25) is 0 Å². The van der Waals surface area contributed by atoms with Crippen LogP contribution < -0.4 is 10.2 Å². The summed E-state index contributed by atoms with van der Waals surface area (Å²) in [6.07, 6.45) is 3.02. The summed E-state index contributed by atoms with van der Waals surface area (Å²) in [5.41, 5.74) is 0.948. The molecule has 2 saturated heterocycles. The number of fused-ring (bicyclic) bond motifs is 1. The molecule has 1 amide bonds. The SMILES string of the molecule is Cc1sc2ncnc(N3CCC4(CC3)CNC(=O)O4)c2c1C. The molecule has 22 heavy (non-hydrogen) atoms. The Bertz CT molecular complexity index is 749. The first-order chi connectivity index (χ1) is 10.6. The smallest absolute Gasteiger partial charge is 0.407 e. The van der Waals surface area contributed by atoms with Crippen LogP contribution >= 0.6 is 11.3 Å². The predicted octanol–water partition coefficient (Wildman–Crippen LogP) is 2.39. The Hall–Kier alpha value is -1.89. The van der Waals surface area contributed by atoms with E-state index in [2.05, 4.69) is 34.0 Å². The number of nitrogens with one attached hydrogen (secondary N) is 1. The van der Waals surface area contributed by atoms with E-state index in [1.54, 1.807) is 17.7 Å². The number of ether oxygens (including phenoxy) is 1. The number of hydrogen-bond donors (Lipinski definition) is 1. The topological polar surface area (TPSA) is 67.4 Å². The zero-order valence-electron chi connectivity index (χ0n) is 12.7. The number of aryl methyl sites for hydroxylation is 2. The second-order valence-electron chi connectivity index (χ2n) is 6.07. The Morgan fingerprint density at radius 2 is 2.09 bits per heavy atom. The summed E-state index contributed by atoms with van der Waals surface area (Å²) in [4.78, 5) is 24.9. The van der Waals surface area contributed by atoms with Crippen LogP contribution in [0, 0.1) is 13.8 Å². The molecule has 0 saturated carbocycles. The van der Waals surface area contributed by atoms with Crippen LogP contribution in [0.3, 0.4) is 0 Å². The van der Waals surface area contributed by atoms with Crippen LogP contribution in [0.25, 0.3) is 10.2 Å². The Kier molecular flexibility index (Phi) is 3.00. The molecule has 1 spiro atoms. The number of piperidine rings is 1. The van der Waals surface area contributed by atoms with E-state index in [1.165, 1.54) is 15.8 Å². The molecule has 116 valence electrons. The molecule has 0 bridgehead atoms. The zero-order valence-corrected chi connectivity index (χ0v) is 13.5. The van der Waals surface area contributed by atoms with E-state index < -0.39 is 0 Å². The number of aromatic nitrogens is 2. The van der Waals surface area contributed by atoms with E-state index in [0.29, 0.717) is 6.54 Å². The van der Waals surface area contributed by atoms with Crippen molar-refractivity contribution in [1.82, 2.24) is 15.3 Å². The van der Waals surface area contributed by atoms with Gasteiger partial charge in [-0.25, -0.2) is 14.8 Å². The predicted molar refractivity (Wildman–Crippen MR) is 85.6 cm³/mol. The van der Waals surface area contributed by atoms with Crippen molar-refractivity contribution in [3.63, 3.8) is 0 Å². The van der Waals surface area contributed by atoms with Crippen LogP contribution in [0.1, 0.15) is 23.3 Å². The molecule has 4 rings (SSSR count). The van der Waals surface area contributed by atoms with Crippen LogP contribution in [0.2, 0.25) is 0 Å². The van der Waals surface area contributed by atoms with Gasteiger partial charge in [0.1, 0.15) is 22.6 Å². The summed E-state index contributed by atoms with van der Waals surface area (Å²) in [5, 5.41) is 3.94. The highest BCUT2D eigenvalue weighted by Crippen LogP contribution is 2.37. The Balaban J connectivity index is 1.63. The molecule has 2 aliphatic heterocycles. The molecule has 2 fully saturated rings. The Morgan fingerprint density at radius 1 is 1.32 bits per heavy atom. The van der Waals surface area contributed by atoms with Crippen molar-refractivity contribution < 1.29 is 9.53 Å². The normalized spacial score (nSPS) is 20.5. The van der Waals surface area contributed by atoms with Gasteiger partial charge in [-0.05, 0) is 19.4 Å². The fourth-order valence-electron chi connectivity index (χ4n) is 3.31. The second-order valence-corrected chi connectivity index (χ2v) is 7.28. The second kappa shape index (κ2) is 4.81. The highest BCUT2D eigenvalue weighted by atomic mass is 32.1. The van der Waals surface area contributed by atoms with E-state index in [0.717, 1.165) is 36.6 Å². The van der Waals surface area contributed by atoms with Crippen molar-refractivity contribution in [1.29, 1.82) is 0 Å². The quantitative estimate of drug-likeness (QED) is 0.874. The summed E-state index contributed by atoms with van der Waals surface area (Å²) in [6, 6.07) is 0. The van der Waals surface area contributed by atoms with Gasteiger partial charge in [0.15, 0.2) is 0 Å². The third-order valence-electron chi connectivity index (χ3n) is 4.78. The van der Waals surface area contributed by atoms with Crippen LogP contribution in [-0.2, 0) is 4.74 Å². The van der Waals surface area contributed by atoms with E-state index in [-0.39, 0.29) is 11.7 Å². The zero-order chi connectivity index (χ0) is 15.3. The fraction of sp³-hybridized carbons (Fsp3) is 0.533. The minimum Gasteiger partial charge on any atom is -0.441 e. The van der Waals surface area contributed by atoms with Crippen LogP contribution in [-0.4, -0.2) is 41.3 Å². The third kappa shape index (κ3) is 2.03. The van der Waals surface area contributed by atoms with Crippen molar-refractivity contribution in [3.8, 4) is 0 Å². The first-order valence-electron chi connectivity index (χ1n) is 7.50. The van der Waals surface area contributed by atoms with Gasteiger partial charge in [-0.2, -0.15) is 0 Å². The van der Waals surface area contributed by atoms with Gasteiger partial charge in [0.05, 0.1) is 11.9 Å². The minimum absolute atomic E-state index is 0.290. The summed E-state index contributed by atoms with van der Waals surface area (Å²) >= 11 is 1.72. The number of anilines is 1. The molecule has 0 aromatic carbocycles. The van der Waals surface area contributed by atoms with Crippen LogP contribution in [0.4, 0.5) is 10.6 Å². The summed E-state index contributed by atoms with van der Waals surface area (Å²) in [7, 11) is 0. The van der Waals surface area contributed by atoms with Crippen molar-refractivity contribution in [2.75, 3.05) is 24.5 Å². The molecule has 1 N–H and O–H groups in total. The summed E-state index contributed by atoms with van der Waals surface area (Å²) < 4.78 is 5.48. The molecular weight excluding hydrogens is 300 g/mol. The van der Waals surface area contributed by atoms with Gasteiger partial charge in [0.2, 0.25) is 0 Å². The van der Waals surface area contributed by atoms with Crippen LogP contribution in [0.15, 0.2) is 6.33 Å². The lowest BCUT2D eigenvalue weighted by Crippen LogP contribution is -2.47. The maximum Gasteiger partial charge on any atom is 0.407 e. The lowest BCUT2D eigenvalue weighted by Gasteiger charge is -2.37. The molecule has 6 nitrogen and oxygen atoms in total. The third-order valence-corrected chi connectivity index (χ3v) is 5.90. The van der Waals surface area contributed by atoms with E-state index >= 15 is 0 Å². The average Bonchev–Trinajstić information content (AvgIpc) is 3.01. The monoisotopic (exact) mass is 318 g/mol. The molecular formula is C15H18N4O2S. The molecule has 2 aromatic heterocycles. The number of rotatable bonds is 1. The van der Waals surface area contributed by atoms with Gasteiger partial charge in [-0.15, -0.1) is 11.3 Å². The molecule has 2 aliphatic rings. The average molecular weight is 318 g/mol. The number of nitrogens with zero attached hydrogens (tertiary/aromatic N) is 3. The number of carbonyl (C=O) groups excluding carboxylic acids is 1. The standard InChI is InChI=1S/C15H18N4O2S/c1-9-10(2)22-13-11(9)12(17-8-18-13)19-5-3-15(4-6-19)7-16-14(20)21-15/h8H,3-7H2,1-2H3,(H,16,20). The highest BCUT2D eigenvalue weighted by Gasteiger charge is 2.43. The molecule has 7 heteroatoms. The first-order valence-corrected chi connectivity index (χ1v) is 8.32. The van der Waals surface area contributed by atoms with Crippen molar-refractivity contribution in [2.45, 2.75) is 32.3 Å². The summed E-state index contributed by atoms with van der Waals surface area (Å²) in [5.74, 6) is 1.01. The molecule has 0 atom stereocenters. The minimum atomic E-state index is -0.320. The molecule has 0 aliphatic carbocycles. The van der Waals surface area contributed by atoms with Gasteiger partial charge in [-0.1, -0.05) is 0 Å². The maximum absolute atomic E-state index is 11.3. The number of hydrogen-bond acceptors (Lipinski definition) is 6. The number of amides is 1. The van der Waals surface area contributed by atoms with Crippen molar-refractivity contribution >= 4 is 33.5 Å². The first kappa shape index (κ1) is 13.8. The van der Waals surface area contributed by atoms with E-state index in [4.69, 9.17) is 4.74 Å². The molecule has 0 unspecified atom stereocenters. The van der Waals surface area contributed by atoms with Gasteiger partial charge < -0.3 is 15.0 Å². The van der Waals surface area contributed by atoms with Crippen molar-refractivity contribution in [3.05, 3.63) is 16.8 Å². The van der Waals surface area contributed by atoms with Gasteiger partial charge in [0, 0.05) is 30.8 Å². The fourth-order valence-corrected chi connectivity index (χ4v) is 4.30. The number of thiophene rings is 1. The Labute approximate surface area is 132 Å². The summed E-state index contributed by atoms with van der Waals surface area (Å²) in [6.45, 7) is 6.57. The van der Waals surface area contributed by atoms with Gasteiger partial charge >= 0.3 is 6.09 Å². The Morgan fingerprint density at radius 3 is 2.77 bits per heavy atom. The maximum atomic E-state index is 11.3. The highest BCUT2D eigenvalue weighted by molar-refractivity contribution is 7.18. The molecule has 2 aromatic rings. The lowest BCUT2D eigenvalue weighted by atomic mass is 9.91. The molecule has 4 heterocycles. The number of alkyl carbamates (subject to hydrolysis) is 1. The van der Waals surface area contributed by atoms with Crippen LogP contribution in [0.5, 0.6) is 0 Å². The van der Waals surface area contributed by atoms with E-state index in [1.807, 2.05) is 0 Å². The van der Waals surface area contributed by atoms with Gasteiger partial charge in [0.25, 0.3) is 0 Å².